The molecule has 5 aromatic rings. The number of fused-ring (bicyclic) bond motifs is 9. The van der Waals surface area contributed by atoms with E-state index in [1.165, 1.54) is 19.2 Å². The highest BCUT2D eigenvalue weighted by Crippen LogP contribution is 2.62. The number of methoxy groups -OCH3 is 1. The first-order chi connectivity index (χ1) is 27.7. The molecule has 0 fully saturated rings. The van der Waals surface area contributed by atoms with Gasteiger partial charge in [0.15, 0.2) is 0 Å². The number of likely N-dealkylation sites (N-methyl/N-ethyl adjacent to an activating group) is 2. The van der Waals surface area contributed by atoms with Crippen LogP contribution in [0.2, 0.25) is 0 Å². The van der Waals surface area contributed by atoms with Crippen LogP contribution in [0.5, 0.6) is 11.5 Å². The molecule has 0 radical (unpaired) electrons. The summed E-state index contributed by atoms with van der Waals surface area (Å²) in [5.74, 6) is -0.838. The number of anilines is 3. The Kier molecular flexibility index (Phi) is 8.07. The van der Waals surface area contributed by atoms with Crippen molar-refractivity contribution in [2.24, 2.45) is 0 Å². The molecule has 1 amide bonds. The van der Waals surface area contributed by atoms with Crippen molar-refractivity contribution in [1.29, 1.82) is 0 Å². The third kappa shape index (κ3) is 5.51. The molecule has 4 aliphatic rings. The van der Waals surface area contributed by atoms with E-state index in [0.29, 0.717) is 61.7 Å². The van der Waals surface area contributed by atoms with Gasteiger partial charge in [-0.2, -0.15) is 8.42 Å². The molecule has 1 atom stereocenters. The van der Waals surface area contributed by atoms with Gasteiger partial charge in [-0.1, -0.05) is 18.2 Å². The molecule has 1 spiro atoms. The van der Waals surface area contributed by atoms with E-state index in [4.69, 9.17) is 13.9 Å². The highest BCUT2D eigenvalue weighted by molar-refractivity contribution is 7.86. The molecule has 4 aliphatic heterocycles. The number of hydrogen-bond donors (Lipinski definition) is 1. The Bertz CT molecular complexity index is 3000. The highest BCUT2D eigenvalue weighted by atomic mass is 32.2. The Morgan fingerprint density at radius 1 is 0.780 bits per heavy atom. The molecule has 13 heteroatoms. The average molecular weight is 814 g/mol. The number of carbonyl (C=O) groups is 2. The van der Waals surface area contributed by atoms with Crippen LogP contribution in [0.25, 0.3) is 22.1 Å². The first-order valence-electron chi connectivity index (χ1n) is 19.2. The molecule has 1 N–H and O–H groups in total. The number of benzene rings is 4. The van der Waals surface area contributed by atoms with Crippen LogP contribution in [0.15, 0.2) is 88.1 Å². The summed E-state index contributed by atoms with van der Waals surface area (Å²) in [6.45, 7) is 12.0. The SMILES string of the molecule is COC(=O)c1ccc2c(c1)C(=O)N(c1ccc3c(C)cc(=O)oc3c1)C21c2cc3c(cc2Oc2cc4c(cc21)C(CS(=O)(=O)O)=CC(C)(C)N4C)N(C)C(C)(C)C=C3C. The minimum absolute atomic E-state index is 0.171. The van der Waals surface area contributed by atoms with Gasteiger partial charge in [0.2, 0.25) is 0 Å². The molecule has 5 heterocycles. The zero-order valence-electron chi connectivity index (χ0n) is 34.2. The van der Waals surface area contributed by atoms with Crippen molar-refractivity contribution in [2.75, 3.05) is 41.7 Å². The van der Waals surface area contributed by atoms with E-state index in [9.17, 15) is 22.6 Å². The second kappa shape index (κ2) is 12.4. The van der Waals surface area contributed by atoms with Gasteiger partial charge in [-0.3, -0.25) is 14.2 Å². The second-order valence-corrected chi connectivity index (χ2v) is 18.5. The topological polar surface area (TPSA) is 147 Å². The van der Waals surface area contributed by atoms with E-state index in [1.54, 1.807) is 29.2 Å². The number of aryl methyl sites for hydroxylation is 1. The summed E-state index contributed by atoms with van der Waals surface area (Å²) in [7, 11) is 0.713. The van der Waals surface area contributed by atoms with Crippen LogP contribution in [-0.2, 0) is 20.4 Å². The molecule has 0 bridgehead atoms. The van der Waals surface area contributed by atoms with Crippen LogP contribution in [0, 0.1) is 6.92 Å². The van der Waals surface area contributed by atoms with Gasteiger partial charge < -0.3 is 23.7 Å². The van der Waals surface area contributed by atoms with Crippen LogP contribution < -0.4 is 25.1 Å². The third-order valence-corrected chi connectivity index (χ3v) is 13.3. The molecule has 4 aromatic carbocycles. The number of carbonyl (C=O) groups excluding carboxylic acids is 2. The van der Waals surface area contributed by atoms with E-state index in [1.807, 2.05) is 83.1 Å². The van der Waals surface area contributed by atoms with Crippen LogP contribution in [-0.4, -0.2) is 62.9 Å². The fraction of sp³-hybridized carbons (Fsp3) is 0.283. The standard InChI is InChI=1S/C46H43N3O9S/c1-24-14-41(50)58-38-16-28(11-12-29(24)38)49-42(51)32-15-26(43(52)56-9)10-13-33(32)46(49)34-17-30-25(2)21-44(3,4)47(7)36(30)19-39(34)57-40-20-37-31(18-35(40)46)27(23-59(53,54)55)22-45(5,6)48(37)8/h10-22H,23H2,1-9H3,(H,53,54,55). The number of nitrogens with zero attached hydrogens (tertiary/aromatic N) is 3. The van der Waals surface area contributed by atoms with Gasteiger partial charge in [0.25, 0.3) is 16.0 Å². The minimum Gasteiger partial charge on any atom is -0.465 e. The van der Waals surface area contributed by atoms with Gasteiger partial charge in [0.1, 0.15) is 28.4 Å². The van der Waals surface area contributed by atoms with Crippen molar-refractivity contribution in [3.8, 4) is 11.5 Å². The Morgan fingerprint density at radius 3 is 2.05 bits per heavy atom. The quantitative estimate of drug-likeness (QED) is 0.107. The number of hydrogen-bond acceptors (Lipinski definition) is 10. The lowest BCUT2D eigenvalue weighted by Crippen LogP contribution is -2.48. The fourth-order valence-corrected chi connectivity index (χ4v) is 10.1. The maximum absolute atomic E-state index is 15.5. The molecular formula is C46H43N3O9S. The summed E-state index contributed by atoms with van der Waals surface area (Å²) in [6.07, 6.45) is 4.01. The molecule has 302 valence electrons. The van der Waals surface area contributed by atoms with Crippen molar-refractivity contribution in [3.05, 3.63) is 134 Å². The molecule has 0 saturated carbocycles. The zero-order valence-corrected chi connectivity index (χ0v) is 35.0. The number of rotatable bonds is 4. The van der Waals surface area contributed by atoms with Crippen LogP contribution in [0.3, 0.4) is 0 Å². The first-order valence-corrected chi connectivity index (χ1v) is 20.8. The summed E-state index contributed by atoms with van der Waals surface area (Å²) >= 11 is 0. The van der Waals surface area contributed by atoms with Crippen molar-refractivity contribution >= 4 is 61.2 Å². The summed E-state index contributed by atoms with van der Waals surface area (Å²) in [4.78, 5) is 47.1. The van der Waals surface area contributed by atoms with E-state index >= 15 is 4.79 Å². The predicted molar refractivity (Wildman–Crippen MR) is 228 cm³/mol. The van der Waals surface area contributed by atoms with Gasteiger partial charge in [-0.15, -0.1) is 0 Å². The maximum atomic E-state index is 15.5. The Hall–Kier alpha value is -6.18. The Balaban J connectivity index is 1.45. The molecule has 9 rings (SSSR count). The Labute approximate surface area is 341 Å². The average Bonchev–Trinajstić information content (AvgIpc) is 3.41. The summed E-state index contributed by atoms with van der Waals surface area (Å²) in [5.41, 5.74) is 4.75. The lowest BCUT2D eigenvalue weighted by molar-refractivity contribution is 0.0600. The fourth-order valence-electron chi connectivity index (χ4n) is 9.48. The first kappa shape index (κ1) is 38.3. The normalized spacial score (nSPS) is 19.6. The molecular weight excluding hydrogens is 771 g/mol. The van der Waals surface area contributed by atoms with E-state index in [-0.39, 0.29) is 22.2 Å². The smallest absolute Gasteiger partial charge is 0.337 e. The summed E-state index contributed by atoms with van der Waals surface area (Å²) in [6, 6.07) is 19.4. The van der Waals surface area contributed by atoms with E-state index in [2.05, 4.69) is 24.8 Å². The molecule has 0 aliphatic carbocycles. The number of amides is 1. The lowest BCUT2D eigenvalue weighted by Gasteiger charge is -2.47. The van der Waals surface area contributed by atoms with Crippen molar-refractivity contribution < 1.29 is 36.5 Å². The van der Waals surface area contributed by atoms with Gasteiger partial charge in [-0.25, -0.2) is 9.59 Å². The molecule has 1 unspecified atom stereocenters. The van der Waals surface area contributed by atoms with Crippen LogP contribution in [0.4, 0.5) is 17.1 Å². The van der Waals surface area contributed by atoms with E-state index < -0.39 is 44.5 Å². The summed E-state index contributed by atoms with van der Waals surface area (Å²) < 4.78 is 53.2. The summed E-state index contributed by atoms with van der Waals surface area (Å²) in [5, 5.41) is 0.688. The molecule has 1 aromatic heterocycles. The van der Waals surface area contributed by atoms with Crippen molar-refractivity contribution in [3.63, 3.8) is 0 Å². The van der Waals surface area contributed by atoms with Crippen molar-refractivity contribution in [2.45, 2.75) is 58.2 Å². The monoisotopic (exact) mass is 813 g/mol. The number of allylic oxidation sites excluding steroid dienone is 1. The Morgan fingerprint density at radius 2 is 1.41 bits per heavy atom. The third-order valence-electron chi connectivity index (χ3n) is 12.6. The van der Waals surface area contributed by atoms with E-state index in [0.717, 1.165) is 16.8 Å². The van der Waals surface area contributed by atoms with Gasteiger partial charge in [0.05, 0.1) is 23.8 Å². The second-order valence-electron chi connectivity index (χ2n) is 17.0. The highest BCUT2D eigenvalue weighted by Gasteiger charge is 2.58. The molecule has 59 heavy (non-hydrogen) atoms. The predicted octanol–water partition coefficient (Wildman–Crippen LogP) is 8.08. The zero-order chi connectivity index (χ0) is 42.3. The largest absolute Gasteiger partial charge is 0.465 e. The molecule has 0 saturated heterocycles. The number of ether oxygens (including phenoxy) is 2. The number of esters is 1. The van der Waals surface area contributed by atoms with Crippen molar-refractivity contribution in [1.82, 2.24) is 0 Å². The molecule has 12 nitrogen and oxygen atoms in total. The van der Waals surface area contributed by atoms with Crippen LogP contribution in [0.1, 0.15) is 88.7 Å². The minimum atomic E-state index is -4.49. The van der Waals surface area contributed by atoms with Gasteiger partial charge in [-0.05, 0) is 94.7 Å². The van der Waals surface area contributed by atoms with Gasteiger partial charge in [0, 0.05) is 94.2 Å². The lowest BCUT2D eigenvalue weighted by atomic mass is 9.72. The maximum Gasteiger partial charge on any atom is 0.337 e. The van der Waals surface area contributed by atoms with Crippen LogP contribution >= 0.6 is 0 Å². The van der Waals surface area contributed by atoms with Gasteiger partial charge >= 0.3 is 11.6 Å².